The van der Waals surface area contributed by atoms with Crippen LogP contribution in [0.1, 0.15) is 26.7 Å². The number of hydrogen-bond donors (Lipinski definition) is 1. The van der Waals surface area contributed by atoms with Gasteiger partial charge in [-0.3, -0.25) is 4.79 Å². The molecule has 1 saturated carbocycles. The number of amides is 1. The smallest absolute Gasteiger partial charge is 0.356 e. The van der Waals surface area contributed by atoms with Crippen molar-refractivity contribution in [2.45, 2.75) is 32.9 Å². The fourth-order valence-electron chi connectivity index (χ4n) is 3.01. The van der Waals surface area contributed by atoms with Crippen molar-refractivity contribution in [3.8, 4) is 0 Å². The molecule has 116 valence electrons. The molecular weight excluding hydrogens is 269 g/mol. The second-order valence-corrected chi connectivity index (χ2v) is 6.24. The first-order chi connectivity index (χ1) is 9.31. The van der Waals surface area contributed by atoms with Gasteiger partial charge in [0.05, 0.1) is 6.42 Å². The Morgan fingerprint density at radius 2 is 1.95 bits per heavy atom. The van der Waals surface area contributed by atoms with Crippen LogP contribution in [0.4, 0.5) is 13.2 Å². The number of carbonyl (C=O) groups excluding carboxylic acids is 1. The van der Waals surface area contributed by atoms with Gasteiger partial charge < -0.3 is 10.2 Å². The summed E-state index contributed by atoms with van der Waals surface area (Å²) in [6, 6.07) is 0. The number of halogens is 3. The first-order valence-corrected chi connectivity index (χ1v) is 7.38. The van der Waals surface area contributed by atoms with Crippen LogP contribution in [-0.4, -0.2) is 43.2 Å². The summed E-state index contributed by atoms with van der Waals surface area (Å²) in [6.45, 7) is 6.22. The van der Waals surface area contributed by atoms with Gasteiger partial charge in [-0.15, -0.1) is 0 Å². The van der Waals surface area contributed by atoms with Gasteiger partial charge in [0.2, 0.25) is 5.91 Å². The van der Waals surface area contributed by atoms with Gasteiger partial charge in [-0.05, 0) is 17.8 Å². The molecule has 2 rings (SSSR count). The van der Waals surface area contributed by atoms with E-state index < -0.39 is 12.6 Å². The standard InChI is InChI=1S/C14H23F3N2O/c1-3-9(2)6-18-13(20)12-10-7-19(8-11(10)12)5-4-14(15,16)17/h9-12H,3-8H2,1-2H3,(H,18,20). The summed E-state index contributed by atoms with van der Waals surface area (Å²) in [5, 5.41) is 2.96. The maximum absolute atomic E-state index is 12.1. The Morgan fingerprint density at radius 1 is 1.35 bits per heavy atom. The van der Waals surface area contributed by atoms with Gasteiger partial charge in [0.25, 0.3) is 0 Å². The van der Waals surface area contributed by atoms with E-state index in [1.54, 1.807) is 0 Å². The first kappa shape index (κ1) is 15.6. The van der Waals surface area contributed by atoms with Gasteiger partial charge in [-0.1, -0.05) is 20.3 Å². The van der Waals surface area contributed by atoms with E-state index in [1.165, 1.54) is 0 Å². The van der Waals surface area contributed by atoms with Crippen LogP contribution in [0.15, 0.2) is 0 Å². The summed E-state index contributed by atoms with van der Waals surface area (Å²) >= 11 is 0. The van der Waals surface area contributed by atoms with Crippen molar-refractivity contribution in [1.29, 1.82) is 0 Å². The maximum atomic E-state index is 12.1. The van der Waals surface area contributed by atoms with E-state index in [0.717, 1.165) is 6.42 Å². The fourth-order valence-corrected chi connectivity index (χ4v) is 3.01. The third-order valence-electron chi connectivity index (χ3n) is 4.61. The predicted molar refractivity (Wildman–Crippen MR) is 70.0 cm³/mol. The van der Waals surface area contributed by atoms with Crippen LogP contribution in [0.25, 0.3) is 0 Å². The predicted octanol–water partition coefficient (Wildman–Crippen LogP) is 2.28. The van der Waals surface area contributed by atoms with Crippen molar-refractivity contribution < 1.29 is 18.0 Å². The molecule has 0 bridgehead atoms. The van der Waals surface area contributed by atoms with Crippen LogP contribution in [0.3, 0.4) is 0 Å². The third kappa shape index (κ3) is 3.87. The minimum atomic E-state index is -4.08. The molecule has 0 aromatic rings. The van der Waals surface area contributed by atoms with Crippen LogP contribution in [0.5, 0.6) is 0 Å². The van der Waals surface area contributed by atoms with Crippen molar-refractivity contribution in [1.82, 2.24) is 10.2 Å². The highest BCUT2D eigenvalue weighted by atomic mass is 19.4. The highest BCUT2D eigenvalue weighted by Crippen LogP contribution is 2.51. The van der Waals surface area contributed by atoms with Gasteiger partial charge in [0.1, 0.15) is 0 Å². The number of carbonyl (C=O) groups is 1. The van der Waals surface area contributed by atoms with Crippen LogP contribution in [-0.2, 0) is 4.79 Å². The lowest BCUT2D eigenvalue weighted by molar-refractivity contribution is -0.138. The molecule has 0 spiro atoms. The molecule has 1 aliphatic carbocycles. The van der Waals surface area contributed by atoms with E-state index in [1.807, 2.05) is 4.90 Å². The number of rotatable bonds is 6. The SMILES string of the molecule is CCC(C)CNC(=O)C1C2CN(CCC(F)(F)F)CC21. The Morgan fingerprint density at radius 3 is 2.45 bits per heavy atom. The molecule has 1 N–H and O–H groups in total. The van der Waals surface area contributed by atoms with E-state index >= 15 is 0 Å². The highest BCUT2D eigenvalue weighted by molar-refractivity contribution is 5.82. The van der Waals surface area contributed by atoms with Crippen molar-refractivity contribution >= 4 is 5.91 Å². The summed E-state index contributed by atoms with van der Waals surface area (Å²) in [4.78, 5) is 13.8. The van der Waals surface area contributed by atoms with Crippen molar-refractivity contribution in [2.24, 2.45) is 23.7 Å². The van der Waals surface area contributed by atoms with Gasteiger partial charge in [-0.25, -0.2) is 0 Å². The molecule has 0 aromatic carbocycles. The van der Waals surface area contributed by atoms with Gasteiger partial charge in [0, 0.05) is 32.1 Å². The normalized spacial score (nSPS) is 30.9. The number of fused-ring (bicyclic) bond motifs is 1. The Kier molecular flexibility index (Phi) is 4.62. The average molecular weight is 292 g/mol. The number of nitrogens with one attached hydrogen (secondary N) is 1. The van der Waals surface area contributed by atoms with Gasteiger partial charge in [0.15, 0.2) is 0 Å². The molecule has 0 aromatic heterocycles. The number of hydrogen-bond acceptors (Lipinski definition) is 2. The monoisotopic (exact) mass is 292 g/mol. The van der Waals surface area contributed by atoms with E-state index in [2.05, 4.69) is 19.2 Å². The molecule has 3 atom stereocenters. The van der Waals surface area contributed by atoms with E-state index in [4.69, 9.17) is 0 Å². The Hall–Kier alpha value is -0.780. The lowest BCUT2D eigenvalue weighted by atomic mass is 10.1. The summed E-state index contributed by atoms with van der Waals surface area (Å²) < 4.78 is 36.4. The molecule has 1 saturated heterocycles. The largest absolute Gasteiger partial charge is 0.390 e. The molecule has 20 heavy (non-hydrogen) atoms. The molecule has 1 amide bonds. The molecule has 1 aliphatic heterocycles. The molecular formula is C14H23F3N2O. The average Bonchev–Trinajstić information content (AvgIpc) is 2.88. The van der Waals surface area contributed by atoms with E-state index in [-0.39, 0.29) is 30.2 Å². The Labute approximate surface area is 117 Å². The van der Waals surface area contributed by atoms with Crippen LogP contribution >= 0.6 is 0 Å². The number of nitrogens with zero attached hydrogens (tertiary/aromatic N) is 1. The minimum absolute atomic E-state index is 0.0428. The Bertz CT molecular complexity index is 347. The van der Waals surface area contributed by atoms with Crippen molar-refractivity contribution in [3.63, 3.8) is 0 Å². The molecule has 0 radical (unpaired) electrons. The lowest BCUT2D eigenvalue weighted by Crippen LogP contribution is -2.34. The summed E-state index contributed by atoms with van der Waals surface area (Å²) in [7, 11) is 0. The number of likely N-dealkylation sites (tertiary alicyclic amines) is 1. The van der Waals surface area contributed by atoms with Crippen molar-refractivity contribution in [2.75, 3.05) is 26.2 Å². The zero-order valence-electron chi connectivity index (χ0n) is 12.0. The molecule has 1 heterocycles. The summed E-state index contributed by atoms with van der Waals surface area (Å²) in [5.41, 5.74) is 0. The topological polar surface area (TPSA) is 32.3 Å². The Balaban J connectivity index is 1.66. The number of alkyl halides is 3. The van der Waals surface area contributed by atoms with Gasteiger partial charge >= 0.3 is 6.18 Å². The molecule has 6 heteroatoms. The molecule has 3 nitrogen and oxygen atoms in total. The first-order valence-electron chi connectivity index (χ1n) is 7.38. The third-order valence-corrected chi connectivity index (χ3v) is 4.61. The van der Waals surface area contributed by atoms with Crippen molar-refractivity contribution in [3.05, 3.63) is 0 Å². The van der Waals surface area contributed by atoms with Crippen LogP contribution in [0, 0.1) is 23.7 Å². The maximum Gasteiger partial charge on any atom is 0.390 e. The quantitative estimate of drug-likeness (QED) is 0.814. The van der Waals surface area contributed by atoms with Gasteiger partial charge in [-0.2, -0.15) is 13.2 Å². The van der Waals surface area contributed by atoms with Crippen LogP contribution in [0.2, 0.25) is 0 Å². The molecule has 2 aliphatic rings. The summed E-state index contributed by atoms with van der Waals surface area (Å²) in [5.74, 6) is 1.16. The molecule has 3 unspecified atom stereocenters. The lowest BCUT2D eigenvalue weighted by Gasteiger charge is -2.20. The van der Waals surface area contributed by atoms with E-state index in [0.29, 0.717) is 25.6 Å². The minimum Gasteiger partial charge on any atom is -0.356 e. The second kappa shape index (κ2) is 5.92. The summed E-state index contributed by atoms with van der Waals surface area (Å²) in [6.07, 6.45) is -3.81. The molecule has 2 fully saturated rings. The number of piperidine rings is 1. The zero-order valence-corrected chi connectivity index (χ0v) is 12.0. The fraction of sp³-hybridized carbons (Fsp3) is 0.929. The zero-order chi connectivity index (χ0) is 14.9. The highest BCUT2D eigenvalue weighted by Gasteiger charge is 2.59. The second-order valence-electron chi connectivity index (χ2n) is 6.24. The van der Waals surface area contributed by atoms with E-state index in [9.17, 15) is 18.0 Å². The van der Waals surface area contributed by atoms with Crippen LogP contribution < -0.4 is 5.32 Å².